The molecule has 210 valence electrons. The van der Waals surface area contributed by atoms with E-state index in [1.807, 2.05) is 89.8 Å². The molecule has 7 rings (SSSR count). The number of anilines is 1. The van der Waals surface area contributed by atoms with Crippen molar-refractivity contribution in [3.63, 3.8) is 0 Å². The molecule has 4 aromatic carbocycles. The number of benzene rings is 4. The van der Waals surface area contributed by atoms with Crippen LogP contribution in [0.15, 0.2) is 103 Å². The van der Waals surface area contributed by atoms with Gasteiger partial charge >= 0.3 is 11.9 Å². The summed E-state index contributed by atoms with van der Waals surface area (Å²) < 4.78 is 7.03. The van der Waals surface area contributed by atoms with E-state index >= 15 is 0 Å². The molecule has 0 radical (unpaired) electrons. The number of morpholine rings is 1. The number of carbonyl (C=O) groups excluding carboxylic acids is 2. The van der Waals surface area contributed by atoms with Crippen LogP contribution in [-0.4, -0.2) is 33.9 Å². The van der Waals surface area contributed by atoms with Crippen molar-refractivity contribution in [2.45, 2.75) is 29.6 Å². The standard InChI is InChI=1S/C33H24ClIN2O5/c34-21-13-11-20(12-14-21)29-33(23-17-22(35)15-16-24(23)36-32(33)41)25(30(38)39)27-31(40)42-28(19-9-5-2-6-10-19)26(37(27)29)18-7-3-1-4-8-18/h1-17,25-29H,(H,36,41)(H,38,39)/t25-,26-,27-,28+,29+,33-/m0/s1. The summed E-state index contributed by atoms with van der Waals surface area (Å²) in [7, 11) is 0. The van der Waals surface area contributed by atoms with Crippen LogP contribution in [0.3, 0.4) is 0 Å². The summed E-state index contributed by atoms with van der Waals surface area (Å²) in [6.07, 6.45) is -0.753. The first-order valence-corrected chi connectivity index (χ1v) is 15.0. The molecule has 1 amide bonds. The molecule has 0 bridgehead atoms. The highest BCUT2D eigenvalue weighted by Crippen LogP contribution is 2.64. The summed E-state index contributed by atoms with van der Waals surface area (Å²) in [6, 6.07) is 28.9. The van der Waals surface area contributed by atoms with Gasteiger partial charge in [0.05, 0.1) is 12.1 Å². The SMILES string of the molecule is O=C1O[C@H](c2ccccc2)[C@H](c2ccccc2)N2[C@H]1[C@@H](C(=O)O)[C@]1(C(=O)Nc3ccc(I)cc31)[C@H]2c1ccc(Cl)cc1. The predicted octanol–water partition coefficient (Wildman–Crippen LogP) is 6.30. The van der Waals surface area contributed by atoms with Gasteiger partial charge in [-0.2, -0.15) is 0 Å². The van der Waals surface area contributed by atoms with E-state index in [-0.39, 0.29) is 0 Å². The minimum absolute atomic E-state index is 0.461. The molecule has 2 fully saturated rings. The molecule has 2 N–H and O–H groups in total. The van der Waals surface area contributed by atoms with Crippen LogP contribution in [-0.2, 0) is 24.5 Å². The Labute approximate surface area is 260 Å². The van der Waals surface area contributed by atoms with Gasteiger partial charge in [-0.25, -0.2) is 0 Å². The second-order valence-corrected chi connectivity index (χ2v) is 12.5. The van der Waals surface area contributed by atoms with E-state index in [1.54, 1.807) is 18.2 Å². The third-order valence-electron chi connectivity index (χ3n) is 8.72. The van der Waals surface area contributed by atoms with Crippen molar-refractivity contribution in [1.29, 1.82) is 0 Å². The third-order valence-corrected chi connectivity index (χ3v) is 9.64. The molecule has 1 spiro atoms. The Kier molecular flexibility index (Phi) is 6.60. The molecule has 9 heteroatoms. The van der Waals surface area contributed by atoms with Crippen molar-refractivity contribution >= 4 is 57.7 Å². The highest BCUT2D eigenvalue weighted by atomic mass is 127. The molecule has 7 nitrogen and oxygen atoms in total. The molecule has 3 heterocycles. The second kappa shape index (κ2) is 10.2. The van der Waals surface area contributed by atoms with Gasteiger partial charge in [-0.3, -0.25) is 19.3 Å². The van der Waals surface area contributed by atoms with Crippen LogP contribution in [0.5, 0.6) is 0 Å². The Morgan fingerprint density at radius 2 is 1.50 bits per heavy atom. The minimum atomic E-state index is -1.64. The van der Waals surface area contributed by atoms with E-state index in [1.165, 1.54) is 0 Å². The number of hydrogen-bond donors (Lipinski definition) is 2. The van der Waals surface area contributed by atoms with Crippen molar-refractivity contribution < 1.29 is 24.2 Å². The summed E-state index contributed by atoms with van der Waals surface area (Å²) in [5.74, 6) is -3.82. The third kappa shape index (κ3) is 3.92. The average Bonchev–Trinajstić information content (AvgIpc) is 3.47. The van der Waals surface area contributed by atoms with Crippen molar-refractivity contribution in [2.24, 2.45) is 5.92 Å². The fraction of sp³-hybridized carbons (Fsp3) is 0.182. The maximum atomic E-state index is 14.4. The number of ether oxygens (including phenoxy) is 1. The largest absolute Gasteiger partial charge is 0.481 e. The van der Waals surface area contributed by atoms with E-state index in [2.05, 4.69) is 27.9 Å². The van der Waals surface area contributed by atoms with Gasteiger partial charge in [0, 0.05) is 14.3 Å². The number of carboxylic acids is 1. The van der Waals surface area contributed by atoms with Crippen LogP contribution < -0.4 is 5.32 Å². The number of aliphatic carboxylic acids is 1. The quantitative estimate of drug-likeness (QED) is 0.193. The van der Waals surface area contributed by atoms with Crippen LogP contribution in [0.1, 0.15) is 40.4 Å². The minimum Gasteiger partial charge on any atom is -0.481 e. The Balaban J connectivity index is 1.57. The van der Waals surface area contributed by atoms with Gasteiger partial charge < -0.3 is 15.2 Å². The maximum absolute atomic E-state index is 14.4. The second-order valence-electron chi connectivity index (χ2n) is 10.8. The highest BCUT2D eigenvalue weighted by Gasteiger charge is 2.74. The zero-order valence-corrected chi connectivity index (χ0v) is 24.9. The van der Waals surface area contributed by atoms with Gasteiger partial charge in [0.15, 0.2) is 0 Å². The molecule has 6 atom stereocenters. The van der Waals surface area contributed by atoms with Crippen LogP contribution in [0.2, 0.25) is 5.02 Å². The first kappa shape index (κ1) is 27.1. The first-order valence-electron chi connectivity index (χ1n) is 13.5. The molecule has 42 heavy (non-hydrogen) atoms. The smallest absolute Gasteiger partial charge is 0.325 e. The molecule has 0 unspecified atom stereocenters. The molecular weight excluding hydrogens is 667 g/mol. The van der Waals surface area contributed by atoms with Crippen molar-refractivity contribution in [3.05, 3.63) is 134 Å². The number of nitrogens with one attached hydrogen (secondary N) is 1. The molecule has 2 saturated heterocycles. The van der Waals surface area contributed by atoms with Crippen molar-refractivity contribution in [3.8, 4) is 0 Å². The lowest BCUT2D eigenvalue weighted by atomic mass is 9.65. The van der Waals surface area contributed by atoms with Crippen molar-refractivity contribution in [2.75, 3.05) is 5.32 Å². The zero-order chi connectivity index (χ0) is 29.2. The van der Waals surface area contributed by atoms with Gasteiger partial charge in [-0.1, -0.05) is 84.4 Å². The van der Waals surface area contributed by atoms with E-state index in [0.29, 0.717) is 21.8 Å². The lowest BCUT2D eigenvalue weighted by Gasteiger charge is -2.46. The van der Waals surface area contributed by atoms with Crippen LogP contribution in [0.4, 0.5) is 5.69 Å². The number of hydrogen-bond acceptors (Lipinski definition) is 5. The number of amides is 1. The number of rotatable bonds is 4. The molecule has 3 aliphatic rings. The number of esters is 1. The Bertz CT molecular complexity index is 1720. The summed E-state index contributed by atoms with van der Waals surface area (Å²) in [5.41, 5.74) is 1.74. The topological polar surface area (TPSA) is 95.9 Å². The van der Waals surface area contributed by atoms with E-state index in [0.717, 1.165) is 14.7 Å². The van der Waals surface area contributed by atoms with Crippen LogP contribution >= 0.6 is 34.2 Å². The summed E-state index contributed by atoms with van der Waals surface area (Å²) in [5, 5.41) is 14.4. The predicted molar refractivity (Wildman–Crippen MR) is 165 cm³/mol. The summed E-state index contributed by atoms with van der Waals surface area (Å²) in [4.78, 5) is 43.8. The molecule has 0 aliphatic carbocycles. The van der Waals surface area contributed by atoms with E-state index in [4.69, 9.17) is 16.3 Å². The van der Waals surface area contributed by atoms with Crippen LogP contribution in [0, 0.1) is 9.49 Å². The number of fused-ring (bicyclic) bond motifs is 3. The number of cyclic esters (lactones) is 1. The molecule has 4 aromatic rings. The van der Waals surface area contributed by atoms with Gasteiger partial charge in [-0.15, -0.1) is 0 Å². The number of carboxylic acid groups (broad SMARTS) is 1. The normalized spacial score (nSPS) is 28.2. The summed E-state index contributed by atoms with van der Waals surface area (Å²) in [6.45, 7) is 0. The number of nitrogens with zero attached hydrogens (tertiary/aromatic N) is 1. The fourth-order valence-corrected chi connectivity index (χ4v) is 7.81. The molecule has 0 aromatic heterocycles. The van der Waals surface area contributed by atoms with Crippen LogP contribution in [0.25, 0.3) is 0 Å². The Morgan fingerprint density at radius 1 is 0.857 bits per heavy atom. The number of halogens is 2. The fourth-order valence-electron chi connectivity index (χ4n) is 7.19. The van der Waals surface area contributed by atoms with Gasteiger partial charge in [0.25, 0.3) is 0 Å². The van der Waals surface area contributed by atoms with E-state index < -0.39 is 53.4 Å². The maximum Gasteiger partial charge on any atom is 0.325 e. The van der Waals surface area contributed by atoms with Gasteiger partial charge in [0.1, 0.15) is 23.5 Å². The lowest BCUT2D eigenvalue weighted by Crippen LogP contribution is -2.52. The molecular formula is C33H24ClIN2O5. The van der Waals surface area contributed by atoms with E-state index in [9.17, 15) is 19.5 Å². The first-order chi connectivity index (χ1) is 20.3. The Morgan fingerprint density at radius 3 is 2.14 bits per heavy atom. The average molecular weight is 691 g/mol. The van der Waals surface area contributed by atoms with Gasteiger partial charge in [0.2, 0.25) is 5.91 Å². The van der Waals surface area contributed by atoms with Crippen molar-refractivity contribution in [1.82, 2.24) is 4.90 Å². The molecule has 3 aliphatic heterocycles. The number of carbonyl (C=O) groups is 3. The van der Waals surface area contributed by atoms with Gasteiger partial charge in [-0.05, 0) is 75.2 Å². The summed E-state index contributed by atoms with van der Waals surface area (Å²) >= 11 is 8.47. The lowest BCUT2D eigenvalue weighted by molar-refractivity contribution is -0.179. The highest BCUT2D eigenvalue weighted by molar-refractivity contribution is 14.1. The zero-order valence-electron chi connectivity index (χ0n) is 22.0. The monoisotopic (exact) mass is 690 g/mol. The molecule has 0 saturated carbocycles. The Hall–Kier alpha value is -3.73.